The molecule has 2 N–H and O–H groups in total. The van der Waals surface area contributed by atoms with Gasteiger partial charge in [-0.05, 0) is 25.8 Å². The van der Waals surface area contributed by atoms with Crippen molar-refractivity contribution >= 4 is 0 Å². The Hall–Kier alpha value is -0.150. The molecule has 0 aromatic rings. The lowest BCUT2D eigenvalue weighted by Gasteiger charge is -2.18. The van der Waals surface area contributed by atoms with Crippen molar-refractivity contribution in [1.82, 2.24) is 4.90 Å². The summed E-state index contributed by atoms with van der Waals surface area (Å²) in [5, 5.41) is 0. The second kappa shape index (κ2) is 4.02. The van der Waals surface area contributed by atoms with Gasteiger partial charge in [0.2, 0.25) is 0 Å². The van der Waals surface area contributed by atoms with Crippen LogP contribution >= 0.6 is 0 Å². The maximum atomic E-state index is 12.0. The third kappa shape index (κ3) is 2.14. The maximum absolute atomic E-state index is 12.0. The molecule has 0 amide bonds. The molecule has 2 nitrogen and oxygen atoms in total. The molecule has 0 aliphatic carbocycles. The molecular weight excluding hydrogens is 143 g/mol. The zero-order valence-corrected chi connectivity index (χ0v) is 7.09. The summed E-state index contributed by atoms with van der Waals surface area (Å²) in [6.07, 6.45) is 1.14. The lowest BCUT2D eigenvalue weighted by Crippen LogP contribution is -2.29. The van der Waals surface area contributed by atoms with Gasteiger partial charge in [0, 0.05) is 19.1 Å². The maximum Gasteiger partial charge on any atom is 0.102 e. The van der Waals surface area contributed by atoms with Gasteiger partial charge in [-0.3, -0.25) is 4.90 Å². The molecule has 1 saturated heterocycles. The van der Waals surface area contributed by atoms with E-state index >= 15 is 0 Å². The summed E-state index contributed by atoms with van der Waals surface area (Å²) >= 11 is 0. The minimum absolute atomic E-state index is 0.234. The molecule has 66 valence electrons. The van der Waals surface area contributed by atoms with Gasteiger partial charge >= 0.3 is 0 Å². The molecule has 0 spiro atoms. The van der Waals surface area contributed by atoms with Crippen molar-refractivity contribution in [3.63, 3.8) is 0 Å². The van der Waals surface area contributed by atoms with Crippen LogP contribution in [0.25, 0.3) is 0 Å². The average Bonchev–Trinajstić information content (AvgIpc) is 2.33. The molecule has 0 radical (unpaired) electrons. The van der Waals surface area contributed by atoms with Crippen LogP contribution in [-0.2, 0) is 0 Å². The fourth-order valence-corrected chi connectivity index (χ4v) is 1.81. The molecule has 1 aliphatic rings. The highest BCUT2D eigenvalue weighted by Gasteiger charge is 2.27. The summed E-state index contributed by atoms with van der Waals surface area (Å²) < 4.78 is 12.0. The number of alkyl halides is 1. The van der Waals surface area contributed by atoms with Crippen molar-refractivity contribution in [3.05, 3.63) is 0 Å². The van der Waals surface area contributed by atoms with Gasteiger partial charge in [-0.15, -0.1) is 0 Å². The third-order valence-corrected chi connectivity index (χ3v) is 2.50. The minimum Gasteiger partial charge on any atom is -0.330 e. The van der Waals surface area contributed by atoms with E-state index in [0.29, 0.717) is 18.5 Å². The topological polar surface area (TPSA) is 29.3 Å². The summed E-state index contributed by atoms with van der Waals surface area (Å²) in [5.74, 6) is 0.594. The normalized spacial score (nSPS) is 33.0. The fraction of sp³-hybridized carbons (Fsp3) is 1.00. The Kier molecular flexibility index (Phi) is 3.27. The molecule has 1 rings (SSSR count). The van der Waals surface area contributed by atoms with Crippen molar-refractivity contribution in [2.24, 2.45) is 11.7 Å². The van der Waals surface area contributed by atoms with Gasteiger partial charge in [-0.1, -0.05) is 0 Å². The summed E-state index contributed by atoms with van der Waals surface area (Å²) in [5.41, 5.74) is 5.53. The Labute approximate surface area is 67.6 Å². The van der Waals surface area contributed by atoms with E-state index in [9.17, 15) is 4.39 Å². The van der Waals surface area contributed by atoms with Gasteiger partial charge in [0.25, 0.3) is 0 Å². The zero-order chi connectivity index (χ0) is 8.27. The van der Waals surface area contributed by atoms with Gasteiger partial charge in [0.1, 0.15) is 6.67 Å². The first-order valence-corrected chi connectivity index (χ1v) is 4.28. The van der Waals surface area contributed by atoms with Crippen LogP contribution in [0.4, 0.5) is 4.39 Å². The Balaban J connectivity index is 2.32. The van der Waals surface area contributed by atoms with Crippen LogP contribution in [0.3, 0.4) is 0 Å². The van der Waals surface area contributed by atoms with E-state index in [1.54, 1.807) is 0 Å². The van der Waals surface area contributed by atoms with Gasteiger partial charge in [0.05, 0.1) is 0 Å². The second-order valence-electron chi connectivity index (χ2n) is 3.37. The zero-order valence-electron chi connectivity index (χ0n) is 7.09. The van der Waals surface area contributed by atoms with Crippen LogP contribution in [0.15, 0.2) is 0 Å². The van der Waals surface area contributed by atoms with Crippen LogP contribution < -0.4 is 5.73 Å². The van der Waals surface area contributed by atoms with Crippen molar-refractivity contribution in [2.45, 2.75) is 19.4 Å². The molecule has 1 aliphatic heterocycles. The van der Waals surface area contributed by atoms with Gasteiger partial charge in [-0.2, -0.15) is 0 Å². The van der Waals surface area contributed by atoms with Crippen LogP contribution in [0.5, 0.6) is 0 Å². The Morgan fingerprint density at radius 1 is 1.64 bits per heavy atom. The molecule has 1 heterocycles. The lowest BCUT2D eigenvalue weighted by atomic mass is 10.1. The molecular formula is C8H17FN2. The van der Waals surface area contributed by atoms with Crippen molar-refractivity contribution in [3.8, 4) is 0 Å². The fourth-order valence-electron chi connectivity index (χ4n) is 1.81. The number of rotatable bonds is 3. The molecule has 2 unspecified atom stereocenters. The highest BCUT2D eigenvalue weighted by Crippen LogP contribution is 2.21. The van der Waals surface area contributed by atoms with E-state index in [1.807, 2.05) is 0 Å². The summed E-state index contributed by atoms with van der Waals surface area (Å²) in [7, 11) is 0. The second-order valence-corrected chi connectivity index (χ2v) is 3.37. The van der Waals surface area contributed by atoms with E-state index in [2.05, 4.69) is 11.8 Å². The van der Waals surface area contributed by atoms with Gasteiger partial charge in [-0.25, -0.2) is 4.39 Å². The molecule has 0 aromatic heterocycles. The monoisotopic (exact) mass is 160 g/mol. The summed E-state index contributed by atoms with van der Waals surface area (Å²) in [6, 6.07) is 0.527. The van der Waals surface area contributed by atoms with E-state index in [4.69, 9.17) is 5.73 Å². The van der Waals surface area contributed by atoms with Gasteiger partial charge in [0.15, 0.2) is 0 Å². The first-order valence-electron chi connectivity index (χ1n) is 4.28. The quantitative estimate of drug-likeness (QED) is 0.656. The number of likely N-dealkylation sites (tertiary alicyclic amines) is 1. The first-order chi connectivity index (χ1) is 5.27. The number of halogens is 1. The van der Waals surface area contributed by atoms with Crippen LogP contribution in [0, 0.1) is 5.92 Å². The van der Waals surface area contributed by atoms with Crippen LogP contribution in [0.2, 0.25) is 0 Å². The number of nitrogens with two attached hydrogens (primary N) is 1. The molecule has 3 heteroatoms. The molecule has 11 heavy (non-hydrogen) atoms. The standard InChI is InChI=1S/C8H17FN2/c1-7-4-8(5-10)6-11(7)3-2-9/h7-8H,2-6,10H2,1H3. The smallest absolute Gasteiger partial charge is 0.102 e. The van der Waals surface area contributed by atoms with Crippen molar-refractivity contribution in [2.75, 3.05) is 26.3 Å². The van der Waals surface area contributed by atoms with Gasteiger partial charge < -0.3 is 5.73 Å². The Morgan fingerprint density at radius 3 is 2.82 bits per heavy atom. The molecule has 1 fully saturated rings. The first kappa shape index (κ1) is 8.94. The number of nitrogens with zero attached hydrogens (tertiary/aromatic N) is 1. The van der Waals surface area contributed by atoms with Crippen LogP contribution in [0.1, 0.15) is 13.3 Å². The predicted molar refractivity (Wildman–Crippen MR) is 44.2 cm³/mol. The predicted octanol–water partition coefficient (Wildman–Crippen LogP) is 0.625. The largest absolute Gasteiger partial charge is 0.330 e. The van der Waals surface area contributed by atoms with Crippen molar-refractivity contribution < 1.29 is 4.39 Å². The molecule has 0 aromatic carbocycles. The van der Waals surface area contributed by atoms with Crippen molar-refractivity contribution in [1.29, 1.82) is 0 Å². The summed E-state index contributed by atoms with van der Waals surface area (Å²) in [6.45, 7) is 4.22. The van der Waals surface area contributed by atoms with E-state index in [-0.39, 0.29) is 6.67 Å². The van der Waals surface area contributed by atoms with E-state index < -0.39 is 0 Å². The number of hydrogen-bond donors (Lipinski definition) is 1. The minimum atomic E-state index is -0.234. The van der Waals surface area contributed by atoms with Crippen LogP contribution in [-0.4, -0.2) is 37.3 Å². The average molecular weight is 160 g/mol. The number of hydrogen-bond acceptors (Lipinski definition) is 2. The Bertz CT molecular complexity index is 119. The lowest BCUT2D eigenvalue weighted by molar-refractivity contribution is 0.239. The SMILES string of the molecule is CC1CC(CN)CN1CCF. The molecule has 2 atom stereocenters. The third-order valence-electron chi connectivity index (χ3n) is 2.50. The highest BCUT2D eigenvalue weighted by molar-refractivity contribution is 4.82. The molecule has 0 saturated carbocycles. The summed E-state index contributed by atoms with van der Waals surface area (Å²) in [4.78, 5) is 2.18. The highest BCUT2D eigenvalue weighted by atomic mass is 19.1. The van der Waals surface area contributed by atoms with E-state index in [0.717, 1.165) is 19.5 Å². The Morgan fingerprint density at radius 2 is 2.36 bits per heavy atom. The molecule has 0 bridgehead atoms. The van der Waals surface area contributed by atoms with E-state index in [1.165, 1.54) is 0 Å².